The maximum Gasteiger partial charge on any atom is 0.310 e. The van der Waals surface area contributed by atoms with E-state index in [4.69, 9.17) is 13.9 Å². The van der Waals surface area contributed by atoms with E-state index in [0.717, 1.165) is 5.39 Å². The van der Waals surface area contributed by atoms with Crippen LogP contribution in [0.25, 0.3) is 11.0 Å². The van der Waals surface area contributed by atoms with Crippen LogP contribution in [0.1, 0.15) is 19.4 Å². The lowest BCUT2D eigenvalue weighted by Crippen LogP contribution is -2.59. The van der Waals surface area contributed by atoms with Crippen molar-refractivity contribution in [3.8, 4) is 5.75 Å². The minimum Gasteiger partial charge on any atom is -0.497 e. The predicted octanol–water partition coefficient (Wildman–Crippen LogP) is 3.29. The number of esters is 1. The van der Waals surface area contributed by atoms with E-state index >= 15 is 0 Å². The number of carbonyl (C=O) groups excluding carboxylic acids is 3. The van der Waals surface area contributed by atoms with Crippen molar-refractivity contribution in [1.29, 1.82) is 0 Å². The molecule has 0 fully saturated rings. The van der Waals surface area contributed by atoms with Crippen molar-refractivity contribution in [2.45, 2.75) is 25.8 Å². The third kappa shape index (κ3) is 3.72. The molecule has 0 aliphatic carbocycles. The summed E-state index contributed by atoms with van der Waals surface area (Å²) in [5, 5.41) is 3.57. The van der Waals surface area contributed by atoms with Gasteiger partial charge < -0.3 is 19.2 Å². The lowest BCUT2D eigenvalue weighted by molar-refractivity contribution is -0.147. The number of hydrogen-bond acceptors (Lipinski definition) is 6. The lowest BCUT2D eigenvalue weighted by atomic mass is 9.96. The number of anilines is 2. The Morgan fingerprint density at radius 3 is 2.71 bits per heavy atom. The number of furan rings is 1. The second-order valence-electron chi connectivity index (χ2n) is 7.72. The Kier molecular flexibility index (Phi) is 5.14. The van der Waals surface area contributed by atoms with Gasteiger partial charge in [0.05, 0.1) is 31.2 Å². The topological polar surface area (TPSA) is 98.1 Å². The standard InChI is InChI=1S/C23H22N2O6/c1-23(2)22(28)24-17-6-4-5-7-18(17)25(23)20(26)13-31-21(27)10-14-12-30-19-11-15(29-3)8-9-16(14)19/h4-9,11-12H,10,13H2,1-3H3,(H,24,28). The molecule has 8 nitrogen and oxygen atoms in total. The first-order valence-electron chi connectivity index (χ1n) is 9.74. The first-order valence-corrected chi connectivity index (χ1v) is 9.74. The maximum atomic E-state index is 12.9. The van der Waals surface area contributed by atoms with Gasteiger partial charge in [-0.05, 0) is 38.1 Å². The molecule has 0 saturated carbocycles. The van der Waals surface area contributed by atoms with E-state index in [9.17, 15) is 14.4 Å². The molecule has 2 amide bonds. The summed E-state index contributed by atoms with van der Waals surface area (Å²) in [4.78, 5) is 39.2. The van der Waals surface area contributed by atoms with Crippen LogP contribution in [0.3, 0.4) is 0 Å². The molecule has 1 aliphatic heterocycles. The number of hydrogen-bond donors (Lipinski definition) is 1. The van der Waals surface area contributed by atoms with Crippen molar-refractivity contribution < 1.29 is 28.3 Å². The number of nitrogens with one attached hydrogen (secondary N) is 1. The summed E-state index contributed by atoms with van der Waals surface area (Å²) in [5.74, 6) is -0.719. The first-order chi connectivity index (χ1) is 14.8. The van der Waals surface area contributed by atoms with Crippen LogP contribution >= 0.6 is 0 Å². The summed E-state index contributed by atoms with van der Waals surface area (Å²) in [6.45, 7) is 2.81. The molecule has 2 heterocycles. The van der Waals surface area contributed by atoms with E-state index in [1.807, 2.05) is 0 Å². The van der Waals surface area contributed by atoms with Crippen LogP contribution in [-0.4, -0.2) is 37.0 Å². The highest BCUT2D eigenvalue weighted by Gasteiger charge is 2.43. The van der Waals surface area contributed by atoms with Crippen molar-refractivity contribution in [3.63, 3.8) is 0 Å². The van der Waals surface area contributed by atoms with Crippen molar-refractivity contribution in [3.05, 3.63) is 54.3 Å². The minimum atomic E-state index is -1.13. The molecule has 0 saturated heterocycles. The maximum absolute atomic E-state index is 12.9. The largest absolute Gasteiger partial charge is 0.497 e. The Morgan fingerprint density at radius 1 is 1.16 bits per heavy atom. The van der Waals surface area contributed by atoms with Gasteiger partial charge in [-0.2, -0.15) is 0 Å². The number of rotatable bonds is 5. The number of carbonyl (C=O) groups is 3. The number of nitrogens with zero attached hydrogens (tertiary/aromatic N) is 1. The van der Waals surface area contributed by atoms with Crippen LogP contribution in [0.4, 0.5) is 11.4 Å². The second kappa shape index (κ2) is 7.79. The lowest BCUT2D eigenvalue weighted by Gasteiger charge is -2.41. The molecule has 0 spiro atoms. The molecule has 4 rings (SSSR count). The van der Waals surface area contributed by atoms with Gasteiger partial charge in [0.15, 0.2) is 6.61 Å². The molecular weight excluding hydrogens is 400 g/mol. The Bertz CT molecular complexity index is 1180. The number of para-hydroxylation sites is 2. The third-order valence-corrected chi connectivity index (χ3v) is 5.31. The number of methoxy groups -OCH3 is 1. The van der Waals surface area contributed by atoms with Gasteiger partial charge in [0.2, 0.25) is 5.91 Å². The summed E-state index contributed by atoms with van der Waals surface area (Å²) in [6.07, 6.45) is 1.44. The van der Waals surface area contributed by atoms with E-state index in [1.54, 1.807) is 63.4 Å². The molecule has 1 aromatic heterocycles. The number of benzene rings is 2. The fourth-order valence-corrected chi connectivity index (χ4v) is 3.64. The molecule has 0 radical (unpaired) electrons. The molecule has 3 aromatic rings. The zero-order valence-corrected chi connectivity index (χ0v) is 17.4. The van der Waals surface area contributed by atoms with E-state index in [-0.39, 0.29) is 12.3 Å². The fraction of sp³-hybridized carbons (Fsp3) is 0.261. The highest BCUT2D eigenvalue weighted by Crippen LogP contribution is 2.36. The van der Waals surface area contributed by atoms with E-state index in [1.165, 1.54) is 11.2 Å². The molecule has 1 N–H and O–H groups in total. The van der Waals surface area contributed by atoms with Gasteiger partial charge >= 0.3 is 5.97 Å². The smallest absolute Gasteiger partial charge is 0.310 e. The predicted molar refractivity (Wildman–Crippen MR) is 114 cm³/mol. The van der Waals surface area contributed by atoms with Gasteiger partial charge in [-0.3, -0.25) is 19.3 Å². The van der Waals surface area contributed by atoms with E-state index in [0.29, 0.717) is 28.3 Å². The summed E-state index contributed by atoms with van der Waals surface area (Å²) in [7, 11) is 1.56. The molecule has 8 heteroatoms. The molecular formula is C23H22N2O6. The van der Waals surface area contributed by atoms with Crippen molar-refractivity contribution in [2.75, 3.05) is 23.9 Å². The molecule has 2 aromatic carbocycles. The highest BCUT2D eigenvalue weighted by molar-refractivity contribution is 6.14. The van der Waals surface area contributed by atoms with Crippen molar-refractivity contribution >= 4 is 40.1 Å². The SMILES string of the molecule is COc1ccc2c(CC(=O)OCC(=O)N3c4ccccc4NC(=O)C3(C)C)coc2c1. The fourth-order valence-electron chi connectivity index (χ4n) is 3.64. The van der Waals surface area contributed by atoms with Crippen molar-refractivity contribution in [1.82, 2.24) is 0 Å². The van der Waals surface area contributed by atoms with Crippen LogP contribution in [0, 0.1) is 0 Å². The van der Waals surface area contributed by atoms with E-state index in [2.05, 4.69) is 5.32 Å². The third-order valence-electron chi connectivity index (χ3n) is 5.31. The molecule has 1 aliphatic rings. The zero-order valence-electron chi connectivity index (χ0n) is 17.4. The molecule has 160 valence electrons. The van der Waals surface area contributed by atoms with Gasteiger partial charge in [0.1, 0.15) is 16.9 Å². The van der Waals surface area contributed by atoms with Crippen molar-refractivity contribution in [2.24, 2.45) is 0 Å². The first kappa shape index (κ1) is 20.5. The zero-order chi connectivity index (χ0) is 22.2. The summed E-state index contributed by atoms with van der Waals surface area (Å²) >= 11 is 0. The van der Waals surface area contributed by atoms with Gasteiger partial charge in [-0.25, -0.2) is 0 Å². The quantitative estimate of drug-likeness (QED) is 0.634. The summed E-state index contributed by atoms with van der Waals surface area (Å²) in [5.41, 5.74) is 1.21. The number of ether oxygens (including phenoxy) is 2. The average molecular weight is 422 g/mol. The van der Waals surface area contributed by atoms with Crippen LogP contribution in [-0.2, 0) is 25.5 Å². The normalized spacial score (nSPS) is 14.7. The van der Waals surface area contributed by atoms with Gasteiger partial charge in [0.25, 0.3) is 5.91 Å². The Labute approximate surface area is 178 Å². The monoisotopic (exact) mass is 422 g/mol. The highest BCUT2D eigenvalue weighted by atomic mass is 16.5. The van der Waals surface area contributed by atoms with Crippen LogP contribution < -0.4 is 15.0 Å². The van der Waals surface area contributed by atoms with Crippen LogP contribution in [0.2, 0.25) is 0 Å². The van der Waals surface area contributed by atoms with E-state index < -0.39 is 24.0 Å². The Hall–Kier alpha value is -3.81. The number of fused-ring (bicyclic) bond motifs is 2. The molecule has 0 unspecified atom stereocenters. The van der Waals surface area contributed by atoms with Crippen LogP contribution in [0.5, 0.6) is 5.75 Å². The Morgan fingerprint density at radius 2 is 1.94 bits per heavy atom. The second-order valence-corrected chi connectivity index (χ2v) is 7.72. The molecule has 0 atom stereocenters. The van der Waals surface area contributed by atoms with Gasteiger partial charge in [-0.1, -0.05) is 12.1 Å². The average Bonchev–Trinajstić information content (AvgIpc) is 3.14. The minimum absolute atomic E-state index is 0.0485. The Balaban J connectivity index is 1.46. The van der Waals surface area contributed by atoms with Gasteiger partial charge in [-0.15, -0.1) is 0 Å². The summed E-state index contributed by atoms with van der Waals surface area (Å²) in [6, 6.07) is 12.3. The van der Waals surface area contributed by atoms with Gasteiger partial charge in [0, 0.05) is 17.0 Å². The molecule has 31 heavy (non-hydrogen) atoms. The molecule has 0 bridgehead atoms. The summed E-state index contributed by atoms with van der Waals surface area (Å²) < 4.78 is 15.9. The van der Waals surface area contributed by atoms with Crippen LogP contribution in [0.15, 0.2) is 53.1 Å². The number of amides is 2.